The molecule has 0 radical (unpaired) electrons. The van der Waals surface area contributed by atoms with Gasteiger partial charge in [0.25, 0.3) is 0 Å². The number of aliphatic hydroxyl groups is 1. The molecule has 4 aromatic rings. The van der Waals surface area contributed by atoms with Crippen LogP contribution < -0.4 is 18.9 Å². The van der Waals surface area contributed by atoms with Crippen molar-refractivity contribution in [1.82, 2.24) is 9.80 Å². The van der Waals surface area contributed by atoms with Crippen molar-refractivity contribution in [3.63, 3.8) is 0 Å². The summed E-state index contributed by atoms with van der Waals surface area (Å²) in [5.74, 6) is 5.02. The summed E-state index contributed by atoms with van der Waals surface area (Å²) >= 11 is 0. The summed E-state index contributed by atoms with van der Waals surface area (Å²) in [6.45, 7) is 1.74. The molecule has 0 unspecified atom stereocenters. The first-order valence-corrected chi connectivity index (χ1v) is 17.0. The third-order valence-electron chi connectivity index (χ3n) is 10.8. The van der Waals surface area contributed by atoms with Crippen molar-refractivity contribution in [3.05, 3.63) is 105 Å². The number of hydrogen-bond donors (Lipinski definition) is 1. The van der Waals surface area contributed by atoms with Crippen LogP contribution in [-0.4, -0.2) is 56.3 Å². The monoisotopic (exact) mass is 632 g/mol. The highest BCUT2D eigenvalue weighted by atomic mass is 16.5. The van der Waals surface area contributed by atoms with E-state index in [1.807, 2.05) is 0 Å². The first kappa shape index (κ1) is 30.3. The van der Waals surface area contributed by atoms with Crippen molar-refractivity contribution in [2.24, 2.45) is 0 Å². The Labute approximate surface area is 277 Å². The van der Waals surface area contributed by atoms with Crippen LogP contribution in [0.3, 0.4) is 0 Å². The molecule has 4 aliphatic heterocycles. The Balaban J connectivity index is 1.34. The van der Waals surface area contributed by atoms with Gasteiger partial charge in [0.05, 0.1) is 20.8 Å². The average Bonchev–Trinajstić information content (AvgIpc) is 3.93. The Morgan fingerprint density at radius 2 is 1.47 bits per heavy atom. The third-order valence-corrected chi connectivity index (χ3v) is 10.8. The lowest BCUT2D eigenvalue weighted by Crippen LogP contribution is -2.34. The molecule has 4 heterocycles. The molecule has 0 saturated heterocycles. The van der Waals surface area contributed by atoms with E-state index in [1.165, 1.54) is 46.2 Å². The standard InChI is InChI=1S/C40H44N2O5/c1-41-15-13-27-21-36(44-3)37-22-32(27)33(41)18-25-7-12-31(26-8-9-26)35(19-25)46-30-10-5-24(6-11-30)17-34-38-28(14-16-42(34)2)20-29(23-43)39(45-4)40(38)47-37/h5-7,10-12,19-22,26,33-34,43H,8-9,13-18,23H2,1-4H3/t33-,34+/m1/s1. The number of aliphatic hydroxyl groups excluding tert-OH is 1. The molecule has 0 spiro atoms. The van der Waals surface area contributed by atoms with Gasteiger partial charge in [-0.05, 0) is 128 Å². The molecular formula is C40H44N2O5. The second kappa shape index (κ2) is 12.2. The Kier molecular flexibility index (Phi) is 7.87. The highest BCUT2D eigenvalue weighted by Crippen LogP contribution is 2.50. The van der Waals surface area contributed by atoms with Gasteiger partial charge in [-0.15, -0.1) is 0 Å². The summed E-state index contributed by atoms with van der Waals surface area (Å²) in [6, 6.07) is 22.1. The van der Waals surface area contributed by atoms with Crippen LogP contribution in [0.1, 0.15) is 75.4 Å². The summed E-state index contributed by atoms with van der Waals surface area (Å²) in [7, 11) is 7.76. The number of likely N-dealkylation sites (N-methyl/N-ethyl adjacent to an activating group) is 2. The van der Waals surface area contributed by atoms with Gasteiger partial charge < -0.3 is 24.1 Å². The fourth-order valence-electron chi connectivity index (χ4n) is 7.96. The summed E-state index contributed by atoms with van der Waals surface area (Å²) < 4.78 is 25.7. The predicted octanol–water partition coefficient (Wildman–Crippen LogP) is 7.51. The fraction of sp³-hybridized carbons (Fsp3) is 0.400. The quantitative estimate of drug-likeness (QED) is 0.250. The normalized spacial score (nSPS) is 20.8. The minimum absolute atomic E-state index is 0.0432. The Bertz CT molecular complexity index is 1820. The van der Waals surface area contributed by atoms with Crippen LogP contribution in [0.15, 0.2) is 60.7 Å². The van der Waals surface area contributed by atoms with E-state index in [1.54, 1.807) is 14.2 Å². The first-order chi connectivity index (χ1) is 22.9. The van der Waals surface area contributed by atoms with Crippen molar-refractivity contribution < 1.29 is 24.1 Å². The second-order valence-corrected chi connectivity index (χ2v) is 13.7. The van der Waals surface area contributed by atoms with Crippen LogP contribution >= 0.6 is 0 Å². The summed E-state index contributed by atoms with van der Waals surface area (Å²) in [4.78, 5) is 4.85. The van der Waals surface area contributed by atoms with E-state index in [9.17, 15) is 5.11 Å². The van der Waals surface area contributed by atoms with E-state index in [2.05, 4.69) is 84.6 Å². The van der Waals surface area contributed by atoms with Crippen LogP contribution in [0.4, 0.5) is 0 Å². The van der Waals surface area contributed by atoms with Gasteiger partial charge in [0, 0.05) is 36.3 Å². The number of ether oxygens (including phenoxy) is 4. The lowest BCUT2D eigenvalue weighted by atomic mass is 9.86. The lowest BCUT2D eigenvalue weighted by molar-refractivity contribution is 0.219. The molecule has 244 valence electrons. The topological polar surface area (TPSA) is 63.6 Å². The average molecular weight is 633 g/mol. The largest absolute Gasteiger partial charge is 0.493 e. The van der Waals surface area contributed by atoms with Crippen molar-refractivity contribution in [3.8, 4) is 34.5 Å². The number of rotatable bonds is 4. The molecule has 6 bridgehead atoms. The molecular weight excluding hydrogens is 588 g/mol. The van der Waals surface area contributed by atoms with Gasteiger partial charge in [-0.25, -0.2) is 0 Å². The molecule has 0 aromatic heterocycles. The van der Waals surface area contributed by atoms with E-state index in [4.69, 9.17) is 18.9 Å². The maximum absolute atomic E-state index is 10.5. The highest BCUT2D eigenvalue weighted by Gasteiger charge is 2.34. The summed E-state index contributed by atoms with van der Waals surface area (Å²) in [5, 5.41) is 10.5. The van der Waals surface area contributed by atoms with Crippen LogP contribution in [0, 0.1) is 0 Å². The van der Waals surface area contributed by atoms with Crippen molar-refractivity contribution >= 4 is 0 Å². The number of methoxy groups -OCH3 is 2. The maximum Gasteiger partial charge on any atom is 0.174 e. The van der Waals surface area contributed by atoms with Crippen molar-refractivity contribution in [1.29, 1.82) is 0 Å². The third kappa shape index (κ3) is 5.54. The summed E-state index contributed by atoms with van der Waals surface area (Å²) in [5.41, 5.74) is 9.33. The van der Waals surface area contributed by atoms with Gasteiger partial charge in [0.1, 0.15) is 11.5 Å². The minimum Gasteiger partial charge on any atom is -0.493 e. The zero-order valence-electron chi connectivity index (χ0n) is 27.8. The molecule has 7 nitrogen and oxygen atoms in total. The van der Waals surface area contributed by atoms with E-state index in [-0.39, 0.29) is 18.7 Å². The number of nitrogens with zero attached hydrogens (tertiary/aromatic N) is 2. The summed E-state index contributed by atoms with van der Waals surface area (Å²) in [6.07, 6.45) is 5.88. The molecule has 9 rings (SSSR count). The molecule has 47 heavy (non-hydrogen) atoms. The lowest BCUT2D eigenvalue weighted by Gasteiger charge is -2.37. The molecule has 1 fully saturated rings. The fourth-order valence-corrected chi connectivity index (χ4v) is 7.96. The molecule has 4 aromatic carbocycles. The first-order valence-electron chi connectivity index (χ1n) is 17.0. The molecule has 1 saturated carbocycles. The predicted molar refractivity (Wildman–Crippen MR) is 182 cm³/mol. The zero-order chi connectivity index (χ0) is 32.2. The highest BCUT2D eigenvalue weighted by molar-refractivity contribution is 5.61. The molecule has 2 atom stereocenters. The molecule has 1 aliphatic carbocycles. The van der Waals surface area contributed by atoms with Crippen LogP contribution in [0.25, 0.3) is 0 Å². The number of benzene rings is 4. The van der Waals surface area contributed by atoms with Gasteiger partial charge in [0.15, 0.2) is 23.0 Å². The van der Waals surface area contributed by atoms with Crippen LogP contribution in [0.5, 0.6) is 34.5 Å². The van der Waals surface area contributed by atoms with E-state index in [0.29, 0.717) is 28.9 Å². The SMILES string of the molecule is COc1cc2c3cc1Oc1c(OC)c(CO)cc4c1[C@H](Cc1ccc(cc1)Oc1cc(ccc1C1CC1)C[C@H]3N(C)CC2)N(C)CC4. The molecule has 5 aliphatic rings. The van der Waals surface area contributed by atoms with Gasteiger partial charge >= 0.3 is 0 Å². The maximum atomic E-state index is 10.5. The van der Waals surface area contributed by atoms with Crippen molar-refractivity contribution in [2.45, 2.75) is 63.1 Å². The van der Waals surface area contributed by atoms with Gasteiger partial charge in [-0.1, -0.05) is 24.3 Å². The van der Waals surface area contributed by atoms with E-state index >= 15 is 0 Å². The minimum atomic E-state index is -0.134. The molecule has 7 heteroatoms. The Morgan fingerprint density at radius 3 is 2.19 bits per heavy atom. The van der Waals surface area contributed by atoms with E-state index < -0.39 is 0 Å². The number of fused-ring (bicyclic) bond motifs is 2. The Hall–Kier alpha value is -4.04. The van der Waals surface area contributed by atoms with E-state index in [0.717, 1.165) is 61.4 Å². The Morgan fingerprint density at radius 1 is 0.745 bits per heavy atom. The van der Waals surface area contributed by atoms with Crippen LogP contribution in [-0.2, 0) is 32.3 Å². The second-order valence-electron chi connectivity index (χ2n) is 13.7. The van der Waals surface area contributed by atoms with Crippen LogP contribution in [0.2, 0.25) is 0 Å². The van der Waals surface area contributed by atoms with Gasteiger partial charge in [0.2, 0.25) is 0 Å². The number of hydrogen-bond acceptors (Lipinski definition) is 7. The molecule has 0 amide bonds. The van der Waals surface area contributed by atoms with Crippen molar-refractivity contribution in [2.75, 3.05) is 41.4 Å². The molecule has 1 N–H and O–H groups in total. The smallest absolute Gasteiger partial charge is 0.174 e. The zero-order valence-corrected chi connectivity index (χ0v) is 27.8. The van der Waals surface area contributed by atoms with Gasteiger partial charge in [-0.2, -0.15) is 0 Å². The van der Waals surface area contributed by atoms with Gasteiger partial charge in [-0.3, -0.25) is 9.80 Å².